The largest absolute Gasteiger partial charge is 0.494 e. The number of ether oxygens (including phenoxy) is 8. The molecule has 7 aromatic rings. The quantitative estimate of drug-likeness (QED) is 0.0120. The molecular formula is C68H71NO13. The molecule has 0 bridgehead atoms. The zero-order valence-corrected chi connectivity index (χ0v) is 46.5. The van der Waals surface area contributed by atoms with Crippen LogP contribution < -0.4 is 23.7 Å². The van der Waals surface area contributed by atoms with Gasteiger partial charge in [-0.25, -0.2) is 24.0 Å². The summed E-state index contributed by atoms with van der Waals surface area (Å²) in [6, 6.07) is 39.6. The minimum atomic E-state index is -0.727. The zero-order valence-electron chi connectivity index (χ0n) is 46.5. The van der Waals surface area contributed by atoms with E-state index >= 15 is 0 Å². The van der Waals surface area contributed by atoms with Gasteiger partial charge < -0.3 is 37.9 Å². The number of unbranched alkanes of at least 4 members (excludes halogenated alkanes) is 13. The van der Waals surface area contributed by atoms with Gasteiger partial charge in [0.1, 0.15) is 34.3 Å². The first-order valence-electron chi connectivity index (χ1n) is 28.3. The number of carbonyl (C=O) groups is 5. The van der Waals surface area contributed by atoms with Crippen molar-refractivity contribution in [2.75, 3.05) is 39.6 Å². The van der Waals surface area contributed by atoms with Crippen LogP contribution in [-0.2, 0) is 23.8 Å². The lowest BCUT2D eigenvalue weighted by Crippen LogP contribution is -2.14. The van der Waals surface area contributed by atoms with E-state index in [1.54, 1.807) is 30.3 Å². The molecule has 0 N–H and O–H groups in total. The third-order valence-corrected chi connectivity index (χ3v) is 13.6. The van der Waals surface area contributed by atoms with Crippen LogP contribution >= 0.6 is 0 Å². The molecule has 0 atom stereocenters. The van der Waals surface area contributed by atoms with E-state index in [9.17, 15) is 24.0 Å². The molecule has 14 nitrogen and oxygen atoms in total. The fraction of sp³-hybridized carbons (Fsp3) is 0.324. The maximum atomic E-state index is 13.8. The maximum absolute atomic E-state index is 13.8. The highest BCUT2D eigenvalue weighted by molar-refractivity contribution is 6.00. The van der Waals surface area contributed by atoms with E-state index in [0.717, 1.165) is 147 Å². The van der Waals surface area contributed by atoms with E-state index in [1.807, 2.05) is 78.9 Å². The van der Waals surface area contributed by atoms with Crippen molar-refractivity contribution in [3.05, 3.63) is 175 Å². The summed E-state index contributed by atoms with van der Waals surface area (Å²) in [6.45, 7) is 9.37. The Morgan fingerprint density at radius 1 is 0.366 bits per heavy atom. The van der Waals surface area contributed by atoms with Crippen molar-refractivity contribution in [2.45, 2.75) is 103 Å². The SMILES string of the molecule is C=CC(=O)OCCCCCCOc1ccc2cc(C(=O)Oc3ccc(OC(=O)c4ccc5cc(OCCCCCCOC(=O)C=C)ccc5c4)c(C(=O)OCCCCCCCCCCOc4ccc5cc(C#N)ccc5c4)c3)ccc2c1. The number of fused-ring (bicyclic) bond motifs is 3. The molecule has 0 saturated heterocycles. The third kappa shape index (κ3) is 19.7. The van der Waals surface area contributed by atoms with Crippen LogP contribution in [0.2, 0.25) is 0 Å². The van der Waals surface area contributed by atoms with Crippen molar-refractivity contribution in [1.29, 1.82) is 5.26 Å². The monoisotopic (exact) mass is 1110 g/mol. The first-order valence-corrected chi connectivity index (χ1v) is 28.3. The highest BCUT2D eigenvalue weighted by atomic mass is 16.6. The van der Waals surface area contributed by atoms with Gasteiger partial charge in [-0.2, -0.15) is 5.26 Å². The Morgan fingerprint density at radius 3 is 1.18 bits per heavy atom. The minimum Gasteiger partial charge on any atom is -0.494 e. The molecule has 0 radical (unpaired) electrons. The lowest BCUT2D eigenvalue weighted by atomic mass is 10.1. The fourth-order valence-electron chi connectivity index (χ4n) is 9.07. The van der Waals surface area contributed by atoms with E-state index in [4.69, 9.17) is 43.2 Å². The average molecular weight is 1110 g/mol. The van der Waals surface area contributed by atoms with Crippen LogP contribution in [0.4, 0.5) is 0 Å². The number of carbonyl (C=O) groups excluding carboxylic acids is 5. The topological polar surface area (TPSA) is 183 Å². The molecule has 0 aliphatic rings. The summed E-state index contributed by atoms with van der Waals surface area (Å²) in [5.41, 5.74) is 1.11. The molecular weight excluding hydrogens is 1040 g/mol. The summed E-state index contributed by atoms with van der Waals surface area (Å²) in [6.07, 6.45) is 16.9. The number of hydrogen-bond acceptors (Lipinski definition) is 14. The summed E-state index contributed by atoms with van der Waals surface area (Å²) in [5, 5.41) is 14.5. The van der Waals surface area contributed by atoms with Crippen LogP contribution in [0.25, 0.3) is 32.3 Å². The molecule has 0 saturated carbocycles. The first-order chi connectivity index (χ1) is 40.1. The highest BCUT2D eigenvalue weighted by Gasteiger charge is 2.21. The summed E-state index contributed by atoms with van der Waals surface area (Å²) in [7, 11) is 0. The molecule has 0 spiro atoms. The summed E-state index contributed by atoms with van der Waals surface area (Å²) in [5.74, 6) is -0.679. The second-order valence-corrected chi connectivity index (χ2v) is 19.8. The second kappa shape index (κ2) is 33.0. The Hall–Kier alpha value is -8.96. The van der Waals surface area contributed by atoms with Gasteiger partial charge in [0.15, 0.2) is 0 Å². The van der Waals surface area contributed by atoms with E-state index in [2.05, 4.69) is 19.2 Å². The van der Waals surface area contributed by atoms with E-state index < -0.39 is 29.8 Å². The Morgan fingerprint density at radius 2 is 0.732 bits per heavy atom. The van der Waals surface area contributed by atoms with Crippen LogP contribution in [0.1, 0.15) is 139 Å². The smallest absolute Gasteiger partial charge is 0.343 e. The van der Waals surface area contributed by atoms with Crippen molar-refractivity contribution in [1.82, 2.24) is 0 Å². The van der Waals surface area contributed by atoms with Gasteiger partial charge in [0.2, 0.25) is 0 Å². The predicted molar refractivity (Wildman–Crippen MR) is 316 cm³/mol. The molecule has 0 aliphatic heterocycles. The Labute approximate surface area is 479 Å². The van der Waals surface area contributed by atoms with Crippen molar-refractivity contribution in [3.63, 3.8) is 0 Å². The Bertz CT molecular complexity index is 3360. The number of esters is 5. The van der Waals surface area contributed by atoms with Crippen molar-refractivity contribution < 1.29 is 61.9 Å². The van der Waals surface area contributed by atoms with Crippen LogP contribution in [-0.4, -0.2) is 69.5 Å². The normalized spacial score (nSPS) is 10.9. The number of nitriles is 1. The molecule has 0 amide bonds. The van der Waals surface area contributed by atoms with Crippen LogP contribution in [0.5, 0.6) is 28.7 Å². The Balaban J connectivity index is 0.899. The highest BCUT2D eigenvalue weighted by Crippen LogP contribution is 2.30. The first kappa shape index (κ1) is 60.7. The standard InChI is InChI=1S/C68H71NO13/c1-3-64(70)78-38-18-13-11-16-36-76-59-31-28-51-42-56(25-23-54(51)45-59)66(72)81-61-33-34-63(82-67(73)57-26-24-55-46-60(32-29-52(55)43-57)77-37-17-12-14-19-39-79-65(71)4-2)62(47-61)68(74)80-40-20-10-8-6-5-7-9-15-35-75-58-30-27-50-41-49(48-69)21-22-53(50)44-58/h3-4,21-34,41-47H,1-2,5-20,35-40H2. The molecule has 0 unspecified atom stereocenters. The minimum absolute atomic E-state index is 0.0514. The molecule has 0 aromatic heterocycles. The van der Waals surface area contributed by atoms with Crippen LogP contribution in [0, 0.1) is 11.3 Å². The fourth-order valence-corrected chi connectivity index (χ4v) is 9.07. The Kier molecular flexibility index (Phi) is 24.4. The number of rotatable bonds is 35. The summed E-state index contributed by atoms with van der Waals surface area (Å²) >= 11 is 0. The lowest BCUT2D eigenvalue weighted by Gasteiger charge is -2.13. The molecule has 82 heavy (non-hydrogen) atoms. The van der Waals surface area contributed by atoms with Gasteiger partial charge in [0, 0.05) is 12.2 Å². The third-order valence-electron chi connectivity index (χ3n) is 13.6. The van der Waals surface area contributed by atoms with Gasteiger partial charge in [-0.05, 0) is 188 Å². The van der Waals surface area contributed by atoms with Crippen LogP contribution in [0.3, 0.4) is 0 Å². The van der Waals surface area contributed by atoms with Crippen LogP contribution in [0.15, 0.2) is 153 Å². The van der Waals surface area contributed by atoms with Crippen molar-refractivity contribution in [2.24, 2.45) is 0 Å². The average Bonchev–Trinajstić information content (AvgIpc) is 3.71. The van der Waals surface area contributed by atoms with Gasteiger partial charge in [-0.15, -0.1) is 0 Å². The summed E-state index contributed by atoms with van der Waals surface area (Å²) < 4.78 is 45.4. The van der Waals surface area contributed by atoms with Gasteiger partial charge in [0.25, 0.3) is 0 Å². The van der Waals surface area contributed by atoms with Gasteiger partial charge >= 0.3 is 29.8 Å². The number of nitrogens with zero attached hydrogens (tertiary/aromatic N) is 1. The van der Waals surface area contributed by atoms with E-state index in [1.165, 1.54) is 18.2 Å². The molecule has 7 aromatic carbocycles. The van der Waals surface area contributed by atoms with E-state index in [-0.39, 0.29) is 34.8 Å². The summed E-state index contributed by atoms with van der Waals surface area (Å²) in [4.78, 5) is 63.6. The molecule has 0 aliphatic carbocycles. The zero-order chi connectivity index (χ0) is 57.7. The second-order valence-electron chi connectivity index (χ2n) is 19.8. The van der Waals surface area contributed by atoms with Gasteiger partial charge in [-0.1, -0.05) is 88.1 Å². The van der Waals surface area contributed by atoms with E-state index in [0.29, 0.717) is 56.5 Å². The molecule has 426 valence electrons. The molecule has 7 rings (SSSR count). The predicted octanol–water partition coefficient (Wildman–Crippen LogP) is 15.1. The van der Waals surface area contributed by atoms with Gasteiger partial charge in [0.05, 0.1) is 62.4 Å². The lowest BCUT2D eigenvalue weighted by molar-refractivity contribution is -0.138. The van der Waals surface area contributed by atoms with Crippen molar-refractivity contribution >= 4 is 62.2 Å². The molecule has 0 fully saturated rings. The molecule has 0 heterocycles. The van der Waals surface area contributed by atoms with Gasteiger partial charge in [-0.3, -0.25) is 0 Å². The molecule has 14 heteroatoms. The number of benzene rings is 7. The van der Waals surface area contributed by atoms with Crippen molar-refractivity contribution in [3.8, 4) is 34.8 Å². The maximum Gasteiger partial charge on any atom is 0.343 e. The number of hydrogen-bond donors (Lipinski definition) is 0.